The Morgan fingerprint density at radius 3 is 2.96 bits per heavy atom. The zero-order valence-corrected chi connectivity index (χ0v) is 16.5. The number of aliphatic hydroxyl groups excluding tert-OH is 1. The Morgan fingerprint density at radius 2 is 2.21 bits per heavy atom. The van der Waals surface area contributed by atoms with E-state index in [1.807, 2.05) is 18.7 Å². The summed E-state index contributed by atoms with van der Waals surface area (Å²) in [4.78, 5) is 19.7. The number of hydrogen-bond acceptors (Lipinski definition) is 8. The standard InChI is InChI=1S/C19H22N6O2S/c1-10-11(2)23-24-18-14(10)15(20)16(28-18)19(27)25-8-6-12(9-25)22-17(26)13-5-3-4-7-21-13/h3-5,7,12,19,27H,6,8-9,20H2,1-2H3,(H,22,26). The molecular formula is C19H22N6O2S. The number of fused-ring (bicyclic) bond motifs is 1. The van der Waals surface area contributed by atoms with E-state index >= 15 is 0 Å². The molecule has 1 aliphatic rings. The Balaban J connectivity index is 1.49. The summed E-state index contributed by atoms with van der Waals surface area (Å²) in [5.74, 6) is -0.204. The molecule has 3 aromatic heterocycles. The summed E-state index contributed by atoms with van der Waals surface area (Å²) in [6, 6.07) is 5.18. The molecule has 0 radical (unpaired) electrons. The molecular weight excluding hydrogens is 376 g/mol. The lowest BCUT2D eigenvalue weighted by Gasteiger charge is -2.22. The van der Waals surface area contributed by atoms with Crippen molar-refractivity contribution in [3.8, 4) is 0 Å². The third-order valence-electron chi connectivity index (χ3n) is 5.20. The van der Waals surface area contributed by atoms with Gasteiger partial charge in [-0.2, -0.15) is 5.10 Å². The second kappa shape index (κ2) is 7.42. The number of pyridine rings is 1. The van der Waals surface area contributed by atoms with Crippen molar-refractivity contribution >= 4 is 33.1 Å². The predicted octanol–water partition coefficient (Wildman–Crippen LogP) is 1.78. The number of carbonyl (C=O) groups excluding carboxylic acids is 1. The van der Waals surface area contributed by atoms with Gasteiger partial charge in [0.15, 0.2) is 0 Å². The summed E-state index contributed by atoms with van der Waals surface area (Å²) < 4.78 is 0. The molecule has 2 atom stereocenters. The summed E-state index contributed by atoms with van der Waals surface area (Å²) >= 11 is 1.37. The lowest BCUT2D eigenvalue weighted by molar-refractivity contribution is 0.0209. The number of likely N-dealkylation sites (tertiary alicyclic amines) is 1. The number of aryl methyl sites for hydroxylation is 2. The first-order valence-electron chi connectivity index (χ1n) is 9.11. The van der Waals surface area contributed by atoms with Crippen molar-refractivity contribution in [3.05, 3.63) is 46.2 Å². The summed E-state index contributed by atoms with van der Waals surface area (Å²) in [5, 5.41) is 23.1. The van der Waals surface area contributed by atoms with Crippen molar-refractivity contribution in [1.82, 2.24) is 25.4 Å². The summed E-state index contributed by atoms with van der Waals surface area (Å²) in [6.07, 6.45) is 1.50. The minimum atomic E-state index is -0.837. The Morgan fingerprint density at radius 1 is 1.39 bits per heavy atom. The summed E-state index contributed by atoms with van der Waals surface area (Å²) in [5.41, 5.74) is 9.11. The number of carbonyl (C=O) groups is 1. The molecule has 4 heterocycles. The van der Waals surface area contributed by atoms with Crippen molar-refractivity contribution in [3.63, 3.8) is 0 Å². The summed E-state index contributed by atoms with van der Waals surface area (Å²) in [7, 11) is 0. The van der Waals surface area contributed by atoms with E-state index < -0.39 is 6.23 Å². The molecule has 28 heavy (non-hydrogen) atoms. The molecule has 1 amide bonds. The minimum Gasteiger partial charge on any atom is -0.397 e. The number of nitrogens with zero attached hydrogens (tertiary/aromatic N) is 4. The van der Waals surface area contributed by atoms with E-state index in [1.54, 1.807) is 24.4 Å². The van der Waals surface area contributed by atoms with Crippen LogP contribution in [0, 0.1) is 13.8 Å². The van der Waals surface area contributed by atoms with E-state index in [0.717, 1.165) is 27.9 Å². The maximum Gasteiger partial charge on any atom is 0.270 e. The first kappa shape index (κ1) is 18.7. The molecule has 8 nitrogen and oxygen atoms in total. The normalized spacial score (nSPS) is 18.5. The van der Waals surface area contributed by atoms with Gasteiger partial charge in [-0.05, 0) is 38.0 Å². The Bertz CT molecular complexity index is 1020. The molecule has 1 fully saturated rings. The molecule has 1 aliphatic heterocycles. The number of thiophene rings is 1. The average Bonchev–Trinajstić information content (AvgIpc) is 3.30. The maximum atomic E-state index is 12.3. The molecule has 2 unspecified atom stereocenters. The largest absolute Gasteiger partial charge is 0.397 e. The predicted molar refractivity (Wildman–Crippen MR) is 108 cm³/mol. The van der Waals surface area contributed by atoms with Crippen LogP contribution in [0.2, 0.25) is 0 Å². The van der Waals surface area contributed by atoms with Crippen LogP contribution in [0.25, 0.3) is 10.2 Å². The van der Waals surface area contributed by atoms with Gasteiger partial charge in [-0.25, -0.2) is 0 Å². The highest BCUT2D eigenvalue weighted by molar-refractivity contribution is 7.19. The van der Waals surface area contributed by atoms with Crippen LogP contribution in [0.15, 0.2) is 24.4 Å². The molecule has 0 aromatic carbocycles. The molecule has 146 valence electrons. The third kappa shape index (κ3) is 3.32. The van der Waals surface area contributed by atoms with Gasteiger partial charge in [0.1, 0.15) is 16.8 Å². The van der Waals surface area contributed by atoms with Crippen LogP contribution >= 0.6 is 11.3 Å². The Labute approximate surface area is 166 Å². The number of nitrogens with one attached hydrogen (secondary N) is 1. The average molecular weight is 398 g/mol. The second-order valence-corrected chi connectivity index (χ2v) is 8.04. The Kier molecular flexibility index (Phi) is 4.96. The van der Waals surface area contributed by atoms with Gasteiger partial charge in [0.25, 0.3) is 5.91 Å². The number of aromatic nitrogens is 3. The molecule has 4 N–H and O–H groups in total. The van der Waals surface area contributed by atoms with Gasteiger partial charge in [0.2, 0.25) is 0 Å². The van der Waals surface area contributed by atoms with Crippen LogP contribution < -0.4 is 11.1 Å². The molecule has 4 rings (SSSR count). The topological polar surface area (TPSA) is 117 Å². The van der Waals surface area contributed by atoms with Crippen molar-refractivity contribution in [2.45, 2.75) is 32.5 Å². The zero-order valence-electron chi connectivity index (χ0n) is 15.7. The first-order chi connectivity index (χ1) is 13.5. The minimum absolute atomic E-state index is 0.0523. The monoisotopic (exact) mass is 398 g/mol. The number of nitrogen functional groups attached to an aromatic ring is 1. The fourth-order valence-electron chi connectivity index (χ4n) is 3.50. The highest BCUT2D eigenvalue weighted by Gasteiger charge is 2.32. The highest BCUT2D eigenvalue weighted by Crippen LogP contribution is 2.40. The van der Waals surface area contributed by atoms with Gasteiger partial charge in [-0.3, -0.25) is 14.7 Å². The quantitative estimate of drug-likeness (QED) is 0.613. The maximum absolute atomic E-state index is 12.3. The number of hydrogen-bond donors (Lipinski definition) is 3. The molecule has 0 bridgehead atoms. The van der Waals surface area contributed by atoms with Gasteiger partial charge in [-0.15, -0.1) is 16.4 Å². The van der Waals surface area contributed by atoms with Crippen LogP contribution in [0.1, 0.15) is 39.3 Å². The molecule has 0 saturated carbocycles. The van der Waals surface area contributed by atoms with Crippen molar-refractivity contribution in [2.24, 2.45) is 0 Å². The highest BCUT2D eigenvalue weighted by atomic mass is 32.1. The molecule has 1 saturated heterocycles. The fourth-order valence-corrected chi connectivity index (χ4v) is 4.62. The van der Waals surface area contributed by atoms with Gasteiger partial charge >= 0.3 is 0 Å². The number of rotatable bonds is 4. The van der Waals surface area contributed by atoms with Crippen molar-refractivity contribution in [1.29, 1.82) is 0 Å². The summed E-state index contributed by atoms with van der Waals surface area (Å²) in [6.45, 7) is 5.05. The second-order valence-electron chi connectivity index (χ2n) is 7.01. The van der Waals surface area contributed by atoms with E-state index in [0.29, 0.717) is 29.3 Å². The number of aliphatic hydroxyl groups is 1. The van der Waals surface area contributed by atoms with Crippen LogP contribution in [0.5, 0.6) is 0 Å². The van der Waals surface area contributed by atoms with Gasteiger partial charge < -0.3 is 16.2 Å². The van der Waals surface area contributed by atoms with Crippen LogP contribution in [0.3, 0.4) is 0 Å². The van der Waals surface area contributed by atoms with Crippen molar-refractivity contribution < 1.29 is 9.90 Å². The third-order valence-corrected chi connectivity index (χ3v) is 6.33. The molecule has 0 spiro atoms. The van der Waals surface area contributed by atoms with Gasteiger partial charge in [0, 0.05) is 30.7 Å². The molecule has 3 aromatic rings. The van der Waals surface area contributed by atoms with Crippen LogP contribution in [0.4, 0.5) is 5.69 Å². The smallest absolute Gasteiger partial charge is 0.270 e. The van der Waals surface area contributed by atoms with Crippen molar-refractivity contribution in [2.75, 3.05) is 18.8 Å². The SMILES string of the molecule is Cc1nnc2sc(C(O)N3CCC(NC(=O)c4ccccn4)C3)c(N)c2c1C. The van der Waals surface area contributed by atoms with E-state index in [4.69, 9.17) is 5.73 Å². The van der Waals surface area contributed by atoms with E-state index in [1.165, 1.54) is 11.3 Å². The fraction of sp³-hybridized carbons (Fsp3) is 0.368. The van der Waals surface area contributed by atoms with E-state index in [2.05, 4.69) is 20.5 Å². The van der Waals surface area contributed by atoms with E-state index in [9.17, 15) is 9.90 Å². The van der Waals surface area contributed by atoms with Gasteiger partial charge in [-0.1, -0.05) is 6.07 Å². The lowest BCUT2D eigenvalue weighted by atomic mass is 10.1. The van der Waals surface area contributed by atoms with E-state index in [-0.39, 0.29) is 11.9 Å². The van der Waals surface area contributed by atoms with Crippen LogP contribution in [-0.2, 0) is 0 Å². The lowest BCUT2D eigenvalue weighted by Crippen LogP contribution is -2.38. The number of amides is 1. The number of anilines is 1. The first-order valence-corrected chi connectivity index (χ1v) is 9.93. The Hall–Kier alpha value is -2.62. The van der Waals surface area contributed by atoms with Gasteiger partial charge in [0.05, 0.1) is 16.3 Å². The molecule has 9 heteroatoms. The van der Waals surface area contributed by atoms with Crippen LogP contribution in [-0.4, -0.2) is 50.2 Å². The molecule has 0 aliphatic carbocycles. The zero-order chi connectivity index (χ0) is 19.8. The number of nitrogens with two attached hydrogens (primary N) is 1.